The number of hydrogen-bond donors (Lipinski definition) is 2. The van der Waals surface area contributed by atoms with Crippen molar-refractivity contribution in [1.82, 2.24) is 9.55 Å². The number of halogens is 1. The van der Waals surface area contributed by atoms with Gasteiger partial charge in [-0.25, -0.2) is 9.37 Å². The Kier molecular flexibility index (Phi) is 7.09. The standard InChI is InChI=1S/C23H25FN4O4/c1-14-6-5-7-17(21(14)24)27-23(30)16-12-18(22(32-4)19(13-16)31-3)26-20(29)8-10-28-11-9-25-15(28)2/h5-7,9,11-13H,8,10H2,1-4H3,(H,26,29)(H,27,30). The highest BCUT2D eigenvalue weighted by Crippen LogP contribution is 2.37. The number of aromatic nitrogens is 2. The molecule has 32 heavy (non-hydrogen) atoms. The maximum absolute atomic E-state index is 14.3. The van der Waals surface area contributed by atoms with E-state index in [0.717, 1.165) is 5.82 Å². The highest BCUT2D eigenvalue weighted by atomic mass is 19.1. The van der Waals surface area contributed by atoms with Crippen molar-refractivity contribution in [1.29, 1.82) is 0 Å². The summed E-state index contributed by atoms with van der Waals surface area (Å²) in [6, 6.07) is 7.66. The van der Waals surface area contributed by atoms with Gasteiger partial charge >= 0.3 is 0 Å². The number of imidazole rings is 1. The van der Waals surface area contributed by atoms with E-state index < -0.39 is 11.7 Å². The summed E-state index contributed by atoms with van der Waals surface area (Å²) in [4.78, 5) is 29.5. The van der Waals surface area contributed by atoms with Crippen LogP contribution < -0.4 is 20.1 Å². The molecular weight excluding hydrogens is 415 g/mol. The van der Waals surface area contributed by atoms with E-state index in [0.29, 0.717) is 12.1 Å². The molecule has 0 aliphatic rings. The summed E-state index contributed by atoms with van der Waals surface area (Å²) < 4.78 is 26.9. The van der Waals surface area contributed by atoms with E-state index in [1.165, 1.54) is 32.4 Å². The second-order valence-corrected chi connectivity index (χ2v) is 7.12. The van der Waals surface area contributed by atoms with Gasteiger partial charge in [0.25, 0.3) is 5.91 Å². The van der Waals surface area contributed by atoms with Crippen LogP contribution in [0, 0.1) is 19.7 Å². The molecule has 2 aromatic carbocycles. The minimum absolute atomic E-state index is 0.0612. The van der Waals surface area contributed by atoms with Crippen molar-refractivity contribution < 1.29 is 23.5 Å². The Balaban J connectivity index is 1.83. The minimum atomic E-state index is -0.556. The molecule has 0 bridgehead atoms. The maximum atomic E-state index is 14.3. The molecule has 0 saturated carbocycles. The number of nitrogens with zero attached hydrogens (tertiary/aromatic N) is 2. The fourth-order valence-corrected chi connectivity index (χ4v) is 3.20. The number of carbonyl (C=O) groups excluding carboxylic acids is 2. The predicted octanol–water partition coefficient (Wildman–Crippen LogP) is 3.94. The fraction of sp³-hybridized carbons (Fsp3) is 0.261. The largest absolute Gasteiger partial charge is 0.493 e. The maximum Gasteiger partial charge on any atom is 0.255 e. The third-order valence-electron chi connectivity index (χ3n) is 4.96. The van der Waals surface area contributed by atoms with Gasteiger partial charge in [-0.15, -0.1) is 0 Å². The van der Waals surface area contributed by atoms with Crippen molar-refractivity contribution in [2.24, 2.45) is 0 Å². The highest BCUT2D eigenvalue weighted by molar-refractivity contribution is 6.06. The summed E-state index contributed by atoms with van der Waals surface area (Å²) >= 11 is 0. The second-order valence-electron chi connectivity index (χ2n) is 7.12. The van der Waals surface area contributed by atoms with Gasteiger partial charge in [-0.2, -0.15) is 0 Å². The lowest BCUT2D eigenvalue weighted by atomic mass is 10.1. The van der Waals surface area contributed by atoms with Crippen LogP contribution in [0.4, 0.5) is 15.8 Å². The molecule has 1 aromatic heterocycles. The summed E-state index contributed by atoms with van der Waals surface area (Å²) in [6.45, 7) is 3.91. The number of amides is 2. The zero-order chi connectivity index (χ0) is 23.3. The van der Waals surface area contributed by atoms with Crippen molar-refractivity contribution in [3.05, 3.63) is 65.5 Å². The van der Waals surface area contributed by atoms with E-state index in [1.807, 2.05) is 11.5 Å². The van der Waals surface area contributed by atoms with Crippen LogP contribution in [0.25, 0.3) is 0 Å². The summed E-state index contributed by atoms with van der Waals surface area (Å²) in [5.74, 6) is -0.00644. The molecule has 3 rings (SSSR count). The molecule has 1 heterocycles. The van der Waals surface area contributed by atoms with Crippen LogP contribution in [-0.2, 0) is 11.3 Å². The molecule has 8 nitrogen and oxygen atoms in total. The van der Waals surface area contributed by atoms with Gasteiger partial charge in [0.15, 0.2) is 11.5 Å². The van der Waals surface area contributed by atoms with Gasteiger partial charge in [0.1, 0.15) is 11.6 Å². The normalized spacial score (nSPS) is 10.5. The number of rotatable bonds is 8. The Hall–Kier alpha value is -3.88. The first-order valence-electron chi connectivity index (χ1n) is 9.94. The van der Waals surface area contributed by atoms with Crippen LogP contribution in [0.15, 0.2) is 42.7 Å². The molecular formula is C23H25FN4O4. The van der Waals surface area contributed by atoms with Gasteiger partial charge in [0.05, 0.1) is 25.6 Å². The molecule has 0 saturated heterocycles. The first kappa shape index (κ1) is 22.8. The van der Waals surface area contributed by atoms with E-state index in [4.69, 9.17) is 9.47 Å². The van der Waals surface area contributed by atoms with Crippen LogP contribution in [0.3, 0.4) is 0 Å². The van der Waals surface area contributed by atoms with Crippen LogP contribution in [0.2, 0.25) is 0 Å². The Labute approximate surface area is 185 Å². The predicted molar refractivity (Wildman–Crippen MR) is 119 cm³/mol. The van der Waals surface area contributed by atoms with E-state index in [1.54, 1.807) is 31.5 Å². The van der Waals surface area contributed by atoms with Crippen molar-refractivity contribution >= 4 is 23.2 Å². The summed E-state index contributed by atoms with van der Waals surface area (Å²) in [6.07, 6.45) is 3.65. The number of methoxy groups -OCH3 is 2. The lowest BCUT2D eigenvalue weighted by Crippen LogP contribution is -2.17. The lowest BCUT2D eigenvalue weighted by molar-refractivity contribution is -0.116. The summed E-state index contributed by atoms with van der Waals surface area (Å²) in [5, 5.41) is 5.32. The number of nitrogens with one attached hydrogen (secondary N) is 2. The van der Waals surface area contributed by atoms with Gasteiger partial charge in [-0.3, -0.25) is 9.59 Å². The van der Waals surface area contributed by atoms with Crippen LogP contribution >= 0.6 is 0 Å². The molecule has 9 heteroatoms. The van der Waals surface area contributed by atoms with Gasteiger partial charge in [-0.05, 0) is 37.6 Å². The third kappa shape index (κ3) is 5.05. The third-order valence-corrected chi connectivity index (χ3v) is 4.96. The zero-order valence-corrected chi connectivity index (χ0v) is 18.4. The van der Waals surface area contributed by atoms with Crippen LogP contribution in [0.1, 0.15) is 28.2 Å². The minimum Gasteiger partial charge on any atom is -0.493 e. The Bertz CT molecular complexity index is 1140. The van der Waals surface area contributed by atoms with E-state index in [-0.39, 0.29) is 40.8 Å². The second kappa shape index (κ2) is 9.95. The van der Waals surface area contributed by atoms with E-state index in [2.05, 4.69) is 15.6 Å². The molecule has 168 valence electrons. The molecule has 0 aliphatic heterocycles. The summed E-state index contributed by atoms with van der Waals surface area (Å²) in [7, 11) is 2.86. The van der Waals surface area contributed by atoms with Crippen molar-refractivity contribution in [2.75, 3.05) is 24.9 Å². The van der Waals surface area contributed by atoms with Crippen molar-refractivity contribution in [2.45, 2.75) is 26.8 Å². The molecule has 2 amide bonds. The molecule has 0 spiro atoms. The Morgan fingerprint density at radius 3 is 2.53 bits per heavy atom. The van der Waals surface area contributed by atoms with Gasteiger partial charge in [0, 0.05) is 30.9 Å². The number of aryl methyl sites for hydroxylation is 3. The molecule has 0 unspecified atom stereocenters. The molecule has 0 fully saturated rings. The van der Waals surface area contributed by atoms with Crippen LogP contribution in [-0.4, -0.2) is 35.6 Å². The fourth-order valence-electron chi connectivity index (χ4n) is 3.20. The average molecular weight is 440 g/mol. The lowest BCUT2D eigenvalue weighted by Gasteiger charge is -2.16. The first-order valence-corrected chi connectivity index (χ1v) is 9.94. The topological polar surface area (TPSA) is 94.5 Å². The zero-order valence-electron chi connectivity index (χ0n) is 18.4. The Morgan fingerprint density at radius 2 is 1.88 bits per heavy atom. The van der Waals surface area contributed by atoms with Gasteiger partial charge < -0.3 is 24.7 Å². The molecule has 3 aromatic rings. The van der Waals surface area contributed by atoms with Crippen molar-refractivity contribution in [3.63, 3.8) is 0 Å². The summed E-state index contributed by atoms with van der Waals surface area (Å²) in [5.41, 5.74) is 0.917. The van der Waals surface area contributed by atoms with Crippen molar-refractivity contribution in [3.8, 4) is 11.5 Å². The van der Waals surface area contributed by atoms with Gasteiger partial charge in [0.2, 0.25) is 5.91 Å². The number of hydrogen-bond acceptors (Lipinski definition) is 5. The molecule has 2 N–H and O–H groups in total. The van der Waals surface area contributed by atoms with E-state index >= 15 is 0 Å². The monoisotopic (exact) mass is 440 g/mol. The van der Waals surface area contributed by atoms with E-state index in [9.17, 15) is 14.0 Å². The number of benzene rings is 2. The molecule has 0 aliphatic carbocycles. The first-order chi connectivity index (χ1) is 15.3. The Morgan fingerprint density at radius 1 is 1.09 bits per heavy atom. The van der Waals surface area contributed by atoms with Crippen LogP contribution in [0.5, 0.6) is 11.5 Å². The quantitative estimate of drug-likeness (QED) is 0.553. The number of ether oxygens (including phenoxy) is 2. The molecule has 0 atom stereocenters. The van der Waals surface area contributed by atoms with Gasteiger partial charge in [-0.1, -0.05) is 12.1 Å². The number of carbonyl (C=O) groups is 2. The SMILES string of the molecule is COc1cc(C(=O)Nc2cccc(C)c2F)cc(NC(=O)CCn2ccnc2C)c1OC. The average Bonchev–Trinajstić information content (AvgIpc) is 3.19. The smallest absolute Gasteiger partial charge is 0.255 e. The highest BCUT2D eigenvalue weighted by Gasteiger charge is 2.19. The number of anilines is 2. The molecule has 0 radical (unpaired) electrons.